The van der Waals surface area contributed by atoms with Gasteiger partial charge in [-0.3, -0.25) is 9.80 Å². The fraction of sp³-hybridized carbons (Fsp3) is 0.783. The van der Waals surface area contributed by atoms with Crippen molar-refractivity contribution in [2.45, 2.75) is 37.5 Å². The van der Waals surface area contributed by atoms with Crippen LogP contribution in [0.2, 0.25) is 0 Å². The number of pyridine rings is 1. The molecule has 1 atom stereocenters. The number of hydrogen-bond acceptors (Lipinski definition) is 7. The Labute approximate surface area is 180 Å². The number of anilines is 1. The molecular formula is C23H37N5O2. The van der Waals surface area contributed by atoms with E-state index >= 15 is 0 Å². The zero-order valence-corrected chi connectivity index (χ0v) is 18.5. The quantitative estimate of drug-likeness (QED) is 0.718. The van der Waals surface area contributed by atoms with Crippen LogP contribution in [0.5, 0.6) is 0 Å². The summed E-state index contributed by atoms with van der Waals surface area (Å²) in [6.45, 7) is 12.5. The Balaban J connectivity index is 1.06. The number of piperidine rings is 1. The zero-order chi connectivity index (χ0) is 20.4. The van der Waals surface area contributed by atoms with Crippen LogP contribution in [-0.4, -0.2) is 111 Å². The van der Waals surface area contributed by atoms with Gasteiger partial charge in [-0.15, -0.1) is 0 Å². The molecule has 0 aliphatic carbocycles. The SMILES string of the molecule is CN1CCN(C[C@H]2CC3(CCN(Cc4cccc(N5CCOCC5)n4)CC3)O2)CC1. The third-order valence-corrected chi connectivity index (χ3v) is 7.35. The lowest BCUT2D eigenvalue weighted by Crippen LogP contribution is -2.60. The lowest BCUT2D eigenvalue weighted by Gasteiger charge is -2.53. The number of morpholine rings is 1. The Morgan fingerprint density at radius 2 is 1.70 bits per heavy atom. The number of aromatic nitrogens is 1. The first-order chi connectivity index (χ1) is 14.7. The van der Waals surface area contributed by atoms with Crippen LogP contribution in [0.1, 0.15) is 25.0 Å². The van der Waals surface area contributed by atoms with Gasteiger partial charge in [0.1, 0.15) is 5.82 Å². The van der Waals surface area contributed by atoms with Gasteiger partial charge in [0, 0.05) is 71.9 Å². The topological polar surface area (TPSA) is 44.3 Å². The van der Waals surface area contributed by atoms with E-state index in [1.54, 1.807) is 0 Å². The smallest absolute Gasteiger partial charge is 0.129 e. The number of rotatable bonds is 5. The maximum absolute atomic E-state index is 6.48. The molecule has 0 unspecified atom stereocenters. The average Bonchev–Trinajstić information content (AvgIpc) is 2.76. The summed E-state index contributed by atoms with van der Waals surface area (Å²) in [4.78, 5) is 14.8. The number of ether oxygens (including phenoxy) is 2. The van der Waals surface area contributed by atoms with E-state index in [2.05, 4.69) is 44.8 Å². The maximum Gasteiger partial charge on any atom is 0.129 e. The fourth-order valence-electron chi connectivity index (χ4n) is 5.37. The van der Waals surface area contributed by atoms with Crippen molar-refractivity contribution in [3.8, 4) is 0 Å². The van der Waals surface area contributed by atoms with Gasteiger partial charge >= 0.3 is 0 Å². The maximum atomic E-state index is 6.48. The lowest BCUT2D eigenvalue weighted by molar-refractivity contribution is -0.230. The Morgan fingerprint density at radius 3 is 2.43 bits per heavy atom. The molecule has 4 aliphatic rings. The first kappa shape index (κ1) is 20.6. The summed E-state index contributed by atoms with van der Waals surface area (Å²) in [6.07, 6.45) is 4.02. The van der Waals surface area contributed by atoms with Crippen LogP contribution in [0.4, 0.5) is 5.82 Å². The van der Waals surface area contributed by atoms with Crippen molar-refractivity contribution in [3.63, 3.8) is 0 Å². The van der Waals surface area contributed by atoms with Gasteiger partial charge in [0.25, 0.3) is 0 Å². The minimum atomic E-state index is 0.164. The molecule has 4 fully saturated rings. The third-order valence-electron chi connectivity index (χ3n) is 7.35. The summed E-state index contributed by atoms with van der Waals surface area (Å²) in [5, 5.41) is 0. The van der Waals surface area contributed by atoms with Crippen LogP contribution in [0.25, 0.3) is 0 Å². The molecule has 1 aromatic rings. The Morgan fingerprint density at radius 1 is 0.967 bits per heavy atom. The van der Waals surface area contributed by atoms with Gasteiger partial charge in [-0.2, -0.15) is 0 Å². The van der Waals surface area contributed by atoms with Crippen LogP contribution in [0.15, 0.2) is 18.2 Å². The molecule has 0 N–H and O–H groups in total. The summed E-state index contributed by atoms with van der Waals surface area (Å²) in [5.41, 5.74) is 1.34. The standard InChI is InChI=1S/C23H37N5O2/c1-25-9-11-27(12-10-25)19-21-17-23(30-21)5-7-26(8-6-23)18-20-3-2-4-22(24-20)28-13-15-29-16-14-28/h2-4,21H,5-19H2,1H3/t21-/m1/s1. The molecule has 5 heterocycles. The highest BCUT2D eigenvalue weighted by molar-refractivity contribution is 5.39. The number of piperazine rings is 1. The second kappa shape index (κ2) is 9.09. The van der Waals surface area contributed by atoms with E-state index in [9.17, 15) is 0 Å². The summed E-state index contributed by atoms with van der Waals surface area (Å²) < 4.78 is 11.9. The van der Waals surface area contributed by atoms with Gasteiger partial charge in [0.2, 0.25) is 0 Å². The normalized spacial score (nSPS) is 28.6. The second-order valence-corrected chi connectivity index (χ2v) is 9.59. The number of nitrogens with zero attached hydrogens (tertiary/aromatic N) is 5. The minimum Gasteiger partial charge on any atom is -0.378 e. The average molecular weight is 416 g/mol. The van der Waals surface area contributed by atoms with Gasteiger partial charge in [0.05, 0.1) is 30.6 Å². The van der Waals surface area contributed by atoms with E-state index in [0.29, 0.717) is 6.10 Å². The highest BCUT2D eigenvalue weighted by Crippen LogP contribution is 2.41. The van der Waals surface area contributed by atoms with Crippen molar-refractivity contribution in [2.75, 3.05) is 84.1 Å². The van der Waals surface area contributed by atoms with E-state index in [4.69, 9.17) is 14.5 Å². The van der Waals surface area contributed by atoms with Crippen LogP contribution < -0.4 is 4.90 Å². The first-order valence-electron chi connectivity index (χ1n) is 11.8. The molecule has 0 bridgehead atoms. The van der Waals surface area contributed by atoms with Crippen LogP contribution in [0.3, 0.4) is 0 Å². The van der Waals surface area contributed by atoms with Gasteiger partial charge in [-0.25, -0.2) is 4.98 Å². The predicted octanol–water partition coefficient (Wildman–Crippen LogP) is 1.29. The Bertz CT molecular complexity index is 687. The molecule has 30 heavy (non-hydrogen) atoms. The number of hydrogen-bond donors (Lipinski definition) is 0. The molecule has 0 amide bonds. The largest absolute Gasteiger partial charge is 0.378 e. The molecular weight excluding hydrogens is 378 g/mol. The van der Waals surface area contributed by atoms with Crippen molar-refractivity contribution in [2.24, 2.45) is 0 Å². The van der Waals surface area contributed by atoms with E-state index in [-0.39, 0.29) is 5.60 Å². The molecule has 0 radical (unpaired) electrons. The summed E-state index contributed by atoms with van der Waals surface area (Å²) >= 11 is 0. The van der Waals surface area contributed by atoms with Crippen LogP contribution in [0, 0.1) is 0 Å². The molecule has 4 aliphatic heterocycles. The molecule has 0 aromatic carbocycles. The van der Waals surface area contributed by atoms with Crippen LogP contribution in [-0.2, 0) is 16.0 Å². The second-order valence-electron chi connectivity index (χ2n) is 9.59. The highest BCUT2D eigenvalue weighted by Gasteiger charge is 2.47. The van der Waals surface area contributed by atoms with Gasteiger partial charge in [0.15, 0.2) is 0 Å². The van der Waals surface area contributed by atoms with E-state index < -0.39 is 0 Å². The Hall–Kier alpha value is -1.25. The number of likely N-dealkylation sites (tertiary alicyclic amines) is 1. The first-order valence-corrected chi connectivity index (χ1v) is 11.8. The molecule has 7 heteroatoms. The molecule has 7 nitrogen and oxygen atoms in total. The van der Waals surface area contributed by atoms with Crippen molar-refractivity contribution in [1.82, 2.24) is 19.7 Å². The zero-order valence-electron chi connectivity index (χ0n) is 18.5. The molecule has 4 saturated heterocycles. The highest BCUT2D eigenvalue weighted by atomic mass is 16.5. The van der Waals surface area contributed by atoms with Crippen molar-refractivity contribution in [1.29, 1.82) is 0 Å². The Kier molecular flexibility index (Phi) is 6.25. The summed E-state index contributed by atoms with van der Waals surface area (Å²) in [6, 6.07) is 6.44. The molecule has 166 valence electrons. The number of likely N-dealkylation sites (N-methyl/N-ethyl adjacent to an activating group) is 1. The lowest BCUT2D eigenvalue weighted by atomic mass is 9.80. The van der Waals surface area contributed by atoms with Gasteiger partial charge in [-0.1, -0.05) is 6.07 Å². The predicted molar refractivity (Wildman–Crippen MR) is 118 cm³/mol. The molecule has 0 saturated carbocycles. The van der Waals surface area contributed by atoms with Crippen molar-refractivity contribution >= 4 is 5.82 Å². The van der Waals surface area contributed by atoms with E-state index in [1.165, 1.54) is 38.3 Å². The molecule has 1 aromatic heterocycles. The van der Waals surface area contributed by atoms with E-state index in [1.807, 2.05) is 0 Å². The van der Waals surface area contributed by atoms with Crippen LogP contribution >= 0.6 is 0 Å². The van der Waals surface area contributed by atoms with Crippen molar-refractivity contribution < 1.29 is 9.47 Å². The van der Waals surface area contributed by atoms with Gasteiger partial charge < -0.3 is 19.3 Å². The molecule has 1 spiro atoms. The summed E-state index contributed by atoms with van der Waals surface area (Å²) in [5.74, 6) is 1.10. The third kappa shape index (κ3) is 4.81. The fourth-order valence-corrected chi connectivity index (χ4v) is 5.37. The monoisotopic (exact) mass is 415 g/mol. The molecule has 5 rings (SSSR count). The minimum absolute atomic E-state index is 0.164. The van der Waals surface area contributed by atoms with E-state index in [0.717, 1.165) is 71.1 Å². The van der Waals surface area contributed by atoms with Gasteiger partial charge in [-0.05, 0) is 32.0 Å². The van der Waals surface area contributed by atoms with Crippen molar-refractivity contribution in [3.05, 3.63) is 23.9 Å². The summed E-state index contributed by atoms with van der Waals surface area (Å²) in [7, 11) is 2.22.